The van der Waals surface area contributed by atoms with Crippen molar-refractivity contribution in [2.45, 2.75) is 87.0 Å². The molecule has 0 fully saturated rings. The number of para-hydroxylation sites is 1. The predicted molar refractivity (Wildman–Crippen MR) is 213 cm³/mol. The standard InChI is InChI=1S/C46H50N4O/c1-28(2)22-33-20-21-47-42(23-33)49-40-17-12-11-16-38(40)39-19-18-36(27-41(39)49)51-37-25-34(46(8,9)10)24-35(26-37)50-45(29(3)4)44(32(7)48-50)43-30(5)14-13-15-31(43)6/h11-21,23-29H,22H2,1-10H3. The number of fused-ring (bicyclic) bond motifs is 3. The summed E-state index contributed by atoms with van der Waals surface area (Å²) in [4.78, 5) is 4.86. The van der Waals surface area contributed by atoms with Gasteiger partial charge in [0, 0.05) is 34.7 Å². The molecule has 7 aromatic rings. The van der Waals surface area contributed by atoms with Gasteiger partial charge in [0.05, 0.1) is 28.1 Å². The molecule has 0 atom stereocenters. The van der Waals surface area contributed by atoms with E-state index < -0.39 is 0 Å². The van der Waals surface area contributed by atoms with Crippen molar-refractivity contribution in [3.05, 3.63) is 131 Å². The number of rotatable bonds is 8. The second kappa shape index (κ2) is 13.2. The zero-order valence-corrected chi connectivity index (χ0v) is 31.8. The molecule has 3 heterocycles. The van der Waals surface area contributed by atoms with Crippen molar-refractivity contribution in [2.75, 3.05) is 0 Å². The monoisotopic (exact) mass is 674 g/mol. The van der Waals surface area contributed by atoms with Crippen molar-refractivity contribution in [1.29, 1.82) is 0 Å². The number of benzene rings is 4. The zero-order chi connectivity index (χ0) is 36.2. The summed E-state index contributed by atoms with van der Waals surface area (Å²) in [5, 5.41) is 7.59. The molecule has 0 spiro atoms. The number of hydrogen-bond donors (Lipinski definition) is 0. The van der Waals surface area contributed by atoms with E-state index in [2.05, 4.69) is 169 Å². The third-order valence-electron chi connectivity index (χ3n) is 9.94. The number of pyridine rings is 1. The molecule has 0 N–H and O–H groups in total. The first-order valence-corrected chi connectivity index (χ1v) is 18.3. The minimum absolute atomic E-state index is 0.104. The average Bonchev–Trinajstić information content (AvgIpc) is 3.58. The zero-order valence-electron chi connectivity index (χ0n) is 31.8. The predicted octanol–water partition coefficient (Wildman–Crippen LogP) is 12.4. The van der Waals surface area contributed by atoms with E-state index in [9.17, 15) is 0 Å². The molecule has 3 aromatic heterocycles. The average molecular weight is 675 g/mol. The van der Waals surface area contributed by atoms with Crippen LogP contribution in [0.5, 0.6) is 11.5 Å². The summed E-state index contributed by atoms with van der Waals surface area (Å²) in [5.74, 6) is 3.29. The van der Waals surface area contributed by atoms with E-state index in [1.54, 1.807) is 0 Å². The highest BCUT2D eigenvalue weighted by Gasteiger charge is 2.25. The Morgan fingerprint density at radius 3 is 2.14 bits per heavy atom. The van der Waals surface area contributed by atoms with Crippen LogP contribution in [0.2, 0.25) is 0 Å². The molecule has 0 unspecified atom stereocenters. The Morgan fingerprint density at radius 2 is 1.43 bits per heavy atom. The molecule has 0 amide bonds. The highest BCUT2D eigenvalue weighted by Crippen LogP contribution is 2.40. The number of aromatic nitrogens is 4. The summed E-state index contributed by atoms with van der Waals surface area (Å²) in [6.07, 6.45) is 2.94. The van der Waals surface area contributed by atoms with Crippen LogP contribution in [-0.2, 0) is 11.8 Å². The molecule has 0 saturated carbocycles. The van der Waals surface area contributed by atoms with Crippen molar-refractivity contribution in [3.63, 3.8) is 0 Å². The smallest absolute Gasteiger partial charge is 0.137 e. The van der Waals surface area contributed by atoms with Crippen LogP contribution < -0.4 is 4.74 Å². The van der Waals surface area contributed by atoms with Crippen molar-refractivity contribution < 1.29 is 4.74 Å². The summed E-state index contributed by atoms with van der Waals surface area (Å²) >= 11 is 0. The second-order valence-electron chi connectivity index (χ2n) is 15.9. The molecule has 0 aliphatic rings. The molecule has 260 valence electrons. The summed E-state index contributed by atoms with van der Waals surface area (Å²) in [6, 6.07) is 32.5. The van der Waals surface area contributed by atoms with Gasteiger partial charge in [-0.2, -0.15) is 5.10 Å². The maximum absolute atomic E-state index is 6.83. The first kappa shape index (κ1) is 34.3. The van der Waals surface area contributed by atoms with Crippen LogP contribution in [0.25, 0.3) is 44.4 Å². The maximum atomic E-state index is 6.83. The normalized spacial score (nSPS) is 12.2. The van der Waals surface area contributed by atoms with E-state index in [1.807, 2.05) is 6.20 Å². The summed E-state index contributed by atoms with van der Waals surface area (Å²) in [6.45, 7) is 22.3. The minimum Gasteiger partial charge on any atom is -0.457 e. The lowest BCUT2D eigenvalue weighted by Gasteiger charge is -2.22. The van der Waals surface area contributed by atoms with Crippen LogP contribution in [0.15, 0.2) is 97.2 Å². The van der Waals surface area contributed by atoms with Crippen molar-refractivity contribution in [2.24, 2.45) is 5.92 Å². The van der Waals surface area contributed by atoms with Gasteiger partial charge in [-0.1, -0.05) is 84.9 Å². The van der Waals surface area contributed by atoms with E-state index in [0.717, 1.165) is 46.2 Å². The molecule has 0 bridgehead atoms. The van der Waals surface area contributed by atoms with Crippen molar-refractivity contribution in [3.8, 4) is 34.1 Å². The molecule has 0 saturated heterocycles. The fraction of sp³-hybridized carbons (Fsp3) is 0.304. The van der Waals surface area contributed by atoms with Gasteiger partial charge >= 0.3 is 0 Å². The van der Waals surface area contributed by atoms with E-state index in [0.29, 0.717) is 5.92 Å². The quantitative estimate of drug-likeness (QED) is 0.161. The van der Waals surface area contributed by atoms with Gasteiger partial charge in [-0.15, -0.1) is 0 Å². The van der Waals surface area contributed by atoms with Crippen LogP contribution in [0.3, 0.4) is 0 Å². The molecule has 4 aromatic carbocycles. The molecule has 51 heavy (non-hydrogen) atoms. The molecular weight excluding hydrogens is 625 g/mol. The number of ether oxygens (including phenoxy) is 1. The van der Waals surface area contributed by atoms with E-state index >= 15 is 0 Å². The fourth-order valence-electron chi connectivity index (χ4n) is 7.57. The Hall–Kier alpha value is -5.16. The second-order valence-corrected chi connectivity index (χ2v) is 15.9. The van der Waals surface area contributed by atoms with E-state index in [-0.39, 0.29) is 11.3 Å². The van der Waals surface area contributed by atoms with Crippen LogP contribution in [0.4, 0.5) is 0 Å². The minimum atomic E-state index is -0.104. The van der Waals surface area contributed by atoms with Crippen LogP contribution in [0, 0.1) is 26.7 Å². The van der Waals surface area contributed by atoms with Gasteiger partial charge in [0.15, 0.2) is 0 Å². The van der Waals surface area contributed by atoms with Crippen molar-refractivity contribution >= 4 is 21.8 Å². The molecule has 5 nitrogen and oxygen atoms in total. The number of hydrogen-bond acceptors (Lipinski definition) is 3. The topological polar surface area (TPSA) is 44.9 Å². The lowest BCUT2D eigenvalue weighted by molar-refractivity contribution is 0.478. The van der Waals surface area contributed by atoms with Crippen LogP contribution in [-0.4, -0.2) is 19.3 Å². The Labute approximate surface area is 302 Å². The van der Waals surface area contributed by atoms with Gasteiger partial charge < -0.3 is 4.74 Å². The summed E-state index contributed by atoms with van der Waals surface area (Å²) < 4.78 is 11.3. The number of aryl methyl sites for hydroxylation is 3. The van der Waals surface area contributed by atoms with Crippen LogP contribution >= 0.6 is 0 Å². The maximum Gasteiger partial charge on any atom is 0.137 e. The first-order valence-electron chi connectivity index (χ1n) is 18.3. The molecule has 0 radical (unpaired) electrons. The van der Waals surface area contributed by atoms with E-state index in [1.165, 1.54) is 49.8 Å². The van der Waals surface area contributed by atoms with Gasteiger partial charge in [-0.25, -0.2) is 9.67 Å². The lowest BCUT2D eigenvalue weighted by atomic mass is 9.86. The first-order chi connectivity index (χ1) is 24.3. The fourth-order valence-corrected chi connectivity index (χ4v) is 7.57. The molecular formula is C46H50N4O. The lowest BCUT2D eigenvalue weighted by Crippen LogP contribution is -2.13. The Kier molecular flexibility index (Phi) is 8.87. The van der Waals surface area contributed by atoms with Gasteiger partial charge in [-0.3, -0.25) is 4.57 Å². The molecule has 0 aliphatic carbocycles. The molecule has 7 rings (SSSR count). The van der Waals surface area contributed by atoms with Gasteiger partial charge in [0.2, 0.25) is 0 Å². The molecule has 5 heteroatoms. The third kappa shape index (κ3) is 6.46. The van der Waals surface area contributed by atoms with Gasteiger partial charge in [0.25, 0.3) is 0 Å². The van der Waals surface area contributed by atoms with Gasteiger partial charge in [-0.05, 0) is 115 Å². The SMILES string of the molecule is Cc1cccc(C)c1-c1c(C)nn(-c2cc(Oc3ccc4c5ccccc5n(-c5cc(CC(C)C)ccn5)c4c3)cc(C(C)(C)C)c2)c1C(C)C. The Morgan fingerprint density at radius 1 is 0.706 bits per heavy atom. The van der Waals surface area contributed by atoms with E-state index in [4.69, 9.17) is 14.8 Å². The summed E-state index contributed by atoms with van der Waals surface area (Å²) in [7, 11) is 0. The van der Waals surface area contributed by atoms with Crippen LogP contribution in [0.1, 0.15) is 88.0 Å². The third-order valence-corrected chi connectivity index (χ3v) is 9.94. The van der Waals surface area contributed by atoms with Crippen molar-refractivity contribution in [1.82, 2.24) is 19.3 Å². The highest BCUT2D eigenvalue weighted by atomic mass is 16.5. The number of nitrogens with zero attached hydrogens (tertiary/aromatic N) is 4. The highest BCUT2D eigenvalue weighted by molar-refractivity contribution is 6.09. The molecule has 0 aliphatic heterocycles. The summed E-state index contributed by atoms with van der Waals surface area (Å²) in [5.41, 5.74) is 12.9. The van der Waals surface area contributed by atoms with Gasteiger partial charge in [0.1, 0.15) is 17.3 Å². The Bertz CT molecular complexity index is 2380. The largest absolute Gasteiger partial charge is 0.457 e. The Balaban J connectivity index is 1.37.